The maximum Gasteiger partial charge on any atom is 0.124 e. The van der Waals surface area contributed by atoms with Crippen molar-refractivity contribution in [1.29, 1.82) is 0 Å². The highest BCUT2D eigenvalue weighted by atomic mass is 16.5. The molecule has 0 saturated carbocycles. The highest BCUT2D eigenvalue weighted by molar-refractivity contribution is 5.37. The van der Waals surface area contributed by atoms with Crippen molar-refractivity contribution in [3.63, 3.8) is 0 Å². The number of hydrogen-bond acceptors (Lipinski definition) is 3. The van der Waals surface area contributed by atoms with Crippen molar-refractivity contribution in [3.05, 3.63) is 59.2 Å². The normalized spacial score (nSPS) is 10.5. The molecule has 0 heterocycles. The van der Waals surface area contributed by atoms with Gasteiger partial charge >= 0.3 is 0 Å². The lowest BCUT2D eigenvalue weighted by atomic mass is 10.1. The van der Waals surface area contributed by atoms with Crippen molar-refractivity contribution in [2.45, 2.75) is 27.0 Å². The van der Waals surface area contributed by atoms with E-state index in [4.69, 9.17) is 4.74 Å². The lowest BCUT2D eigenvalue weighted by Gasteiger charge is -2.13. The summed E-state index contributed by atoms with van der Waals surface area (Å²) < 4.78 is 5.88. The van der Waals surface area contributed by atoms with Crippen LogP contribution in [0.5, 0.6) is 11.5 Å². The van der Waals surface area contributed by atoms with Gasteiger partial charge in [-0.15, -0.1) is 0 Å². The number of benzene rings is 2. The molecule has 2 rings (SSSR count). The molecule has 0 aromatic heterocycles. The van der Waals surface area contributed by atoms with Gasteiger partial charge in [-0.2, -0.15) is 0 Å². The average Bonchev–Trinajstić information content (AvgIpc) is 2.44. The molecule has 20 heavy (non-hydrogen) atoms. The summed E-state index contributed by atoms with van der Waals surface area (Å²) in [5, 5.41) is 12.8. The third-order valence-corrected chi connectivity index (χ3v) is 3.09. The molecule has 0 unspecified atom stereocenters. The molecule has 0 atom stereocenters. The number of aryl methyl sites for hydroxylation is 1. The first-order chi connectivity index (χ1) is 9.69. The molecule has 0 aliphatic rings. The van der Waals surface area contributed by atoms with Crippen molar-refractivity contribution >= 4 is 0 Å². The van der Waals surface area contributed by atoms with E-state index >= 15 is 0 Å². The van der Waals surface area contributed by atoms with Gasteiger partial charge < -0.3 is 15.2 Å². The van der Waals surface area contributed by atoms with Crippen LogP contribution in [-0.2, 0) is 13.2 Å². The first-order valence-electron chi connectivity index (χ1n) is 6.90. The molecule has 0 amide bonds. The molecular formula is C17H21NO2. The second-order valence-corrected chi connectivity index (χ2v) is 4.85. The molecule has 0 aliphatic heterocycles. The molecule has 3 heteroatoms. The van der Waals surface area contributed by atoms with Crippen molar-refractivity contribution in [2.24, 2.45) is 0 Å². The predicted octanol–water partition coefficient (Wildman–Crippen LogP) is 3.39. The summed E-state index contributed by atoms with van der Waals surface area (Å²) in [7, 11) is 0. The Morgan fingerprint density at radius 2 is 2.00 bits per heavy atom. The van der Waals surface area contributed by atoms with Crippen LogP contribution >= 0.6 is 0 Å². The zero-order chi connectivity index (χ0) is 14.4. The number of phenolic OH excluding ortho intramolecular Hbond substituents is 1. The summed E-state index contributed by atoms with van der Waals surface area (Å²) >= 11 is 0. The standard InChI is InChI=1S/C17H21NO2/c1-3-18-11-15-9-13(2)7-8-17(15)20-12-14-5-4-6-16(19)10-14/h4-10,18-19H,3,11-12H2,1-2H3. The van der Waals surface area contributed by atoms with Crippen molar-refractivity contribution in [1.82, 2.24) is 5.32 Å². The fourth-order valence-electron chi connectivity index (χ4n) is 2.05. The van der Waals surface area contributed by atoms with E-state index in [0.717, 1.165) is 30.0 Å². The van der Waals surface area contributed by atoms with Crippen LogP contribution in [0.4, 0.5) is 0 Å². The molecule has 2 aromatic carbocycles. The third kappa shape index (κ3) is 4.00. The molecular weight excluding hydrogens is 250 g/mol. The lowest BCUT2D eigenvalue weighted by Crippen LogP contribution is -2.13. The van der Waals surface area contributed by atoms with Gasteiger partial charge in [0.15, 0.2) is 0 Å². The fraction of sp³-hybridized carbons (Fsp3) is 0.294. The van der Waals surface area contributed by atoms with Crippen LogP contribution in [0, 0.1) is 6.92 Å². The smallest absolute Gasteiger partial charge is 0.124 e. The summed E-state index contributed by atoms with van der Waals surface area (Å²) in [6.45, 7) is 6.35. The van der Waals surface area contributed by atoms with Gasteiger partial charge in [-0.1, -0.05) is 36.8 Å². The van der Waals surface area contributed by atoms with E-state index < -0.39 is 0 Å². The van der Waals surface area contributed by atoms with E-state index in [-0.39, 0.29) is 5.75 Å². The van der Waals surface area contributed by atoms with Gasteiger partial charge in [0.05, 0.1) is 0 Å². The van der Waals surface area contributed by atoms with Crippen LogP contribution in [0.15, 0.2) is 42.5 Å². The lowest BCUT2D eigenvalue weighted by molar-refractivity contribution is 0.301. The zero-order valence-corrected chi connectivity index (χ0v) is 12.0. The van der Waals surface area contributed by atoms with Gasteiger partial charge in [-0.05, 0) is 37.2 Å². The van der Waals surface area contributed by atoms with Crippen LogP contribution in [-0.4, -0.2) is 11.7 Å². The van der Waals surface area contributed by atoms with Gasteiger partial charge in [0, 0.05) is 12.1 Å². The van der Waals surface area contributed by atoms with Crippen LogP contribution < -0.4 is 10.1 Å². The summed E-state index contributed by atoms with van der Waals surface area (Å²) in [4.78, 5) is 0. The molecule has 3 nitrogen and oxygen atoms in total. The van der Waals surface area contributed by atoms with E-state index in [1.54, 1.807) is 12.1 Å². The summed E-state index contributed by atoms with van der Waals surface area (Å²) in [6.07, 6.45) is 0. The van der Waals surface area contributed by atoms with Gasteiger partial charge in [-0.3, -0.25) is 0 Å². The highest BCUT2D eigenvalue weighted by Crippen LogP contribution is 2.22. The minimum atomic E-state index is 0.267. The Kier molecular flexibility index (Phi) is 5.02. The monoisotopic (exact) mass is 271 g/mol. The molecule has 0 spiro atoms. The summed E-state index contributed by atoms with van der Waals surface area (Å²) in [5.41, 5.74) is 3.34. The van der Waals surface area contributed by atoms with Crippen molar-refractivity contribution in [3.8, 4) is 11.5 Å². The zero-order valence-electron chi connectivity index (χ0n) is 12.0. The van der Waals surface area contributed by atoms with Crippen molar-refractivity contribution < 1.29 is 9.84 Å². The second-order valence-electron chi connectivity index (χ2n) is 4.85. The van der Waals surface area contributed by atoms with E-state index in [2.05, 4.69) is 25.2 Å². The first-order valence-corrected chi connectivity index (χ1v) is 6.90. The Morgan fingerprint density at radius 1 is 1.15 bits per heavy atom. The van der Waals surface area contributed by atoms with Gasteiger partial charge in [-0.25, -0.2) is 0 Å². The Morgan fingerprint density at radius 3 is 2.75 bits per heavy atom. The average molecular weight is 271 g/mol. The van der Waals surface area contributed by atoms with E-state index in [1.165, 1.54) is 5.56 Å². The van der Waals surface area contributed by atoms with Crippen LogP contribution in [0.2, 0.25) is 0 Å². The molecule has 0 fully saturated rings. The summed E-state index contributed by atoms with van der Waals surface area (Å²) in [6, 6.07) is 13.3. The first kappa shape index (κ1) is 14.4. The molecule has 0 aliphatic carbocycles. The topological polar surface area (TPSA) is 41.5 Å². The molecule has 106 valence electrons. The number of ether oxygens (including phenoxy) is 1. The van der Waals surface area contributed by atoms with Crippen LogP contribution in [0.25, 0.3) is 0 Å². The second kappa shape index (κ2) is 6.96. The molecule has 0 radical (unpaired) electrons. The highest BCUT2D eigenvalue weighted by Gasteiger charge is 2.04. The molecule has 0 bridgehead atoms. The van der Waals surface area contributed by atoms with E-state index in [0.29, 0.717) is 6.61 Å². The molecule has 2 aromatic rings. The maximum absolute atomic E-state index is 9.45. The summed E-state index contributed by atoms with van der Waals surface area (Å²) in [5.74, 6) is 1.16. The number of hydrogen-bond donors (Lipinski definition) is 2. The fourth-order valence-corrected chi connectivity index (χ4v) is 2.05. The third-order valence-electron chi connectivity index (χ3n) is 3.09. The predicted molar refractivity (Wildman–Crippen MR) is 81.0 cm³/mol. The minimum absolute atomic E-state index is 0.267. The number of aromatic hydroxyl groups is 1. The minimum Gasteiger partial charge on any atom is -0.508 e. The number of rotatable bonds is 6. The van der Waals surface area contributed by atoms with E-state index in [1.807, 2.05) is 24.3 Å². The largest absolute Gasteiger partial charge is 0.508 e. The number of nitrogens with one attached hydrogen (secondary N) is 1. The Labute approximate surface area is 120 Å². The van der Waals surface area contributed by atoms with Crippen molar-refractivity contribution in [2.75, 3.05) is 6.54 Å². The van der Waals surface area contributed by atoms with Gasteiger partial charge in [0.25, 0.3) is 0 Å². The SMILES string of the molecule is CCNCc1cc(C)ccc1OCc1cccc(O)c1. The quantitative estimate of drug-likeness (QED) is 0.846. The van der Waals surface area contributed by atoms with Crippen LogP contribution in [0.1, 0.15) is 23.6 Å². The molecule has 0 saturated heterocycles. The maximum atomic E-state index is 9.45. The number of phenols is 1. The Bertz CT molecular complexity index is 567. The van der Waals surface area contributed by atoms with E-state index in [9.17, 15) is 5.11 Å². The van der Waals surface area contributed by atoms with Crippen LogP contribution in [0.3, 0.4) is 0 Å². The van der Waals surface area contributed by atoms with Gasteiger partial charge in [0.2, 0.25) is 0 Å². The Balaban J connectivity index is 2.08. The van der Waals surface area contributed by atoms with Gasteiger partial charge in [0.1, 0.15) is 18.1 Å². The molecule has 2 N–H and O–H groups in total. The Hall–Kier alpha value is -2.00.